The third kappa shape index (κ3) is 3.65. The standard InChI is InChI=1S/C42H27N/c1-2-12-27(13-3-1)29-19-10-20-36(38-22-11-21-37-35-18-8-9-23-40(35)43-42(37)38)41(29)28-24-25-34-32-16-5-4-14-30(32)31-15-6-7-17-33(31)39(34)26-28/h1-26,43H. The van der Waals surface area contributed by atoms with Crippen LogP contribution < -0.4 is 0 Å². The van der Waals surface area contributed by atoms with Crippen LogP contribution in [0.15, 0.2) is 158 Å². The highest BCUT2D eigenvalue weighted by Crippen LogP contribution is 2.45. The second-order valence-corrected chi connectivity index (χ2v) is 11.3. The molecule has 1 heterocycles. The zero-order chi connectivity index (χ0) is 28.3. The number of rotatable bonds is 3. The number of H-pyrrole nitrogens is 1. The van der Waals surface area contributed by atoms with Crippen LogP contribution in [0.4, 0.5) is 0 Å². The summed E-state index contributed by atoms with van der Waals surface area (Å²) in [6.07, 6.45) is 0. The van der Waals surface area contributed by atoms with Crippen LogP contribution in [-0.4, -0.2) is 4.98 Å². The van der Waals surface area contributed by atoms with E-state index < -0.39 is 0 Å². The molecule has 1 nitrogen and oxygen atoms in total. The van der Waals surface area contributed by atoms with Gasteiger partial charge in [-0.1, -0.05) is 146 Å². The summed E-state index contributed by atoms with van der Waals surface area (Å²) in [4.78, 5) is 3.76. The highest BCUT2D eigenvalue weighted by molar-refractivity contribution is 6.26. The van der Waals surface area contributed by atoms with Gasteiger partial charge in [-0.15, -0.1) is 0 Å². The quantitative estimate of drug-likeness (QED) is 0.213. The number of hydrogen-bond acceptors (Lipinski definition) is 0. The number of aromatic nitrogens is 1. The normalized spacial score (nSPS) is 11.7. The van der Waals surface area contributed by atoms with E-state index in [0.717, 1.165) is 5.52 Å². The topological polar surface area (TPSA) is 15.8 Å². The molecule has 0 aliphatic heterocycles. The Morgan fingerprint density at radius 1 is 0.302 bits per heavy atom. The minimum Gasteiger partial charge on any atom is -0.354 e. The molecule has 0 saturated heterocycles. The molecule has 43 heavy (non-hydrogen) atoms. The first-order valence-electron chi connectivity index (χ1n) is 14.9. The molecule has 9 aromatic rings. The summed E-state index contributed by atoms with van der Waals surface area (Å²) in [6.45, 7) is 0. The van der Waals surface area contributed by atoms with Crippen molar-refractivity contribution in [3.05, 3.63) is 158 Å². The molecule has 0 amide bonds. The van der Waals surface area contributed by atoms with Crippen LogP contribution in [0.3, 0.4) is 0 Å². The summed E-state index contributed by atoms with van der Waals surface area (Å²) < 4.78 is 0. The molecule has 1 aromatic heterocycles. The highest BCUT2D eigenvalue weighted by Gasteiger charge is 2.18. The Morgan fingerprint density at radius 3 is 1.58 bits per heavy atom. The smallest absolute Gasteiger partial charge is 0.0544 e. The van der Waals surface area contributed by atoms with Crippen molar-refractivity contribution < 1.29 is 0 Å². The third-order valence-corrected chi connectivity index (χ3v) is 9.01. The molecule has 0 unspecified atom stereocenters. The lowest BCUT2D eigenvalue weighted by molar-refractivity contribution is 1.53. The molecule has 0 spiro atoms. The van der Waals surface area contributed by atoms with E-state index >= 15 is 0 Å². The molecule has 8 aromatic carbocycles. The zero-order valence-electron chi connectivity index (χ0n) is 23.5. The van der Waals surface area contributed by atoms with Crippen molar-refractivity contribution in [3.63, 3.8) is 0 Å². The van der Waals surface area contributed by atoms with Gasteiger partial charge in [0.15, 0.2) is 0 Å². The monoisotopic (exact) mass is 545 g/mol. The Hall–Kier alpha value is -5.66. The summed E-state index contributed by atoms with van der Waals surface area (Å²) in [7, 11) is 0. The van der Waals surface area contributed by atoms with Crippen molar-refractivity contribution in [1.29, 1.82) is 0 Å². The van der Waals surface area contributed by atoms with Crippen LogP contribution in [0.5, 0.6) is 0 Å². The maximum atomic E-state index is 3.76. The van der Waals surface area contributed by atoms with Gasteiger partial charge in [-0.3, -0.25) is 0 Å². The average molecular weight is 546 g/mol. The fourth-order valence-corrected chi connectivity index (χ4v) is 7.11. The fraction of sp³-hybridized carbons (Fsp3) is 0. The van der Waals surface area contributed by atoms with E-state index in [1.807, 2.05) is 0 Å². The molecule has 0 aliphatic carbocycles. The molecule has 1 N–H and O–H groups in total. The van der Waals surface area contributed by atoms with Crippen molar-refractivity contribution in [2.75, 3.05) is 0 Å². The van der Waals surface area contributed by atoms with Crippen LogP contribution in [0.25, 0.3) is 87.5 Å². The minimum absolute atomic E-state index is 1.16. The largest absolute Gasteiger partial charge is 0.354 e. The van der Waals surface area contributed by atoms with Crippen molar-refractivity contribution >= 4 is 54.1 Å². The molecule has 0 radical (unpaired) electrons. The second kappa shape index (κ2) is 9.44. The van der Waals surface area contributed by atoms with Crippen molar-refractivity contribution in [3.8, 4) is 33.4 Å². The van der Waals surface area contributed by atoms with E-state index in [2.05, 4.69) is 163 Å². The Labute approximate surface area is 249 Å². The van der Waals surface area contributed by atoms with Gasteiger partial charge in [-0.2, -0.15) is 0 Å². The summed E-state index contributed by atoms with van der Waals surface area (Å²) in [6, 6.07) is 57.5. The second-order valence-electron chi connectivity index (χ2n) is 11.3. The number of nitrogens with one attached hydrogen (secondary N) is 1. The summed E-state index contributed by atoms with van der Waals surface area (Å²) in [5.74, 6) is 0. The SMILES string of the molecule is c1ccc(-c2cccc(-c3cccc4c3[nH]c3ccccc34)c2-c2ccc3c4ccccc4c4ccccc4c3c2)cc1. The van der Waals surface area contributed by atoms with E-state index in [0.29, 0.717) is 0 Å². The molecule has 0 aliphatic rings. The van der Waals surface area contributed by atoms with Gasteiger partial charge in [0.25, 0.3) is 0 Å². The summed E-state index contributed by atoms with van der Waals surface area (Å²) >= 11 is 0. The Kier molecular flexibility index (Phi) is 5.27. The van der Waals surface area contributed by atoms with Gasteiger partial charge >= 0.3 is 0 Å². The maximum Gasteiger partial charge on any atom is 0.0544 e. The van der Waals surface area contributed by atoms with Gasteiger partial charge in [0, 0.05) is 21.9 Å². The third-order valence-electron chi connectivity index (χ3n) is 9.01. The van der Waals surface area contributed by atoms with Crippen LogP contribution in [0.2, 0.25) is 0 Å². The van der Waals surface area contributed by atoms with Gasteiger partial charge in [-0.05, 0) is 72.3 Å². The van der Waals surface area contributed by atoms with E-state index in [4.69, 9.17) is 0 Å². The number of para-hydroxylation sites is 2. The molecule has 9 rings (SSSR count). The predicted octanol–water partition coefficient (Wildman–Crippen LogP) is 11.8. The lowest BCUT2D eigenvalue weighted by Gasteiger charge is -2.18. The summed E-state index contributed by atoms with van der Waals surface area (Å²) in [5, 5.41) is 10.2. The van der Waals surface area contributed by atoms with Gasteiger partial charge in [0.2, 0.25) is 0 Å². The van der Waals surface area contributed by atoms with Crippen molar-refractivity contribution in [2.45, 2.75) is 0 Å². The molecular formula is C42H27N. The van der Waals surface area contributed by atoms with Crippen molar-refractivity contribution in [2.24, 2.45) is 0 Å². The van der Waals surface area contributed by atoms with Gasteiger partial charge < -0.3 is 4.98 Å². The molecule has 0 atom stereocenters. The summed E-state index contributed by atoms with van der Waals surface area (Å²) in [5.41, 5.74) is 9.69. The van der Waals surface area contributed by atoms with E-state index in [1.54, 1.807) is 0 Å². The van der Waals surface area contributed by atoms with E-state index in [-0.39, 0.29) is 0 Å². The Bertz CT molecular complexity index is 2460. The first-order valence-corrected chi connectivity index (χ1v) is 14.9. The first kappa shape index (κ1) is 24.0. The maximum absolute atomic E-state index is 3.76. The van der Waals surface area contributed by atoms with E-state index in [1.165, 1.54) is 82.0 Å². The zero-order valence-corrected chi connectivity index (χ0v) is 23.5. The van der Waals surface area contributed by atoms with Crippen molar-refractivity contribution in [1.82, 2.24) is 4.98 Å². The highest BCUT2D eigenvalue weighted by atomic mass is 14.7. The Balaban J connectivity index is 1.40. The molecule has 0 bridgehead atoms. The molecule has 1 heteroatoms. The Morgan fingerprint density at radius 2 is 0.837 bits per heavy atom. The number of aromatic amines is 1. The van der Waals surface area contributed by atoms with Crippen LogP contribution in [-0.2, 0) is 0 Å². The first-order chi connectivity index (χ1) is 21.3. The van der Waals surface area contributed by atoms with Gasteiger partial charge in [-0.25, -0.2) is 0 Å². The predicted molar refractivity (Wildman–Crippen MR) is 185 cm³/mol. The average Bonchev–Trinajstić information content (AvgIpc) is 3.47. The van der Waals surface area contributed by atoms with E-state index in [9.17, 15) is 0 Å². The number of fused-ring (bicyclic) bond motifs is 9. The molecule has 0 fully saturated rings. The van der Waals surface area contributed by atoms with Crippen LogP contribution in [0.1, 0.15) is 0 Å². The van der Waals surface area contributed by atoms with Crippen LogP contribution in [0, 0.1) is 0 Å². The molecule has 0 saturated carbocycles. The number of hydrogen-bond donors (Lipinski definition) is 1. The van der Waals surface area contributed by atoms with Gasteiger partial charge in [0.05, 0.1) is 5.52 Å². The van der Waals surface area contributed by atoms with Gasteiger partial charge in [0.1, 0.15) is 0 Å². The lowest BCUT2D eigenvalue weighted by atomic mass is 9.85. The van der Waals surface area contributed by atoms with Crippen LogP contribution >= 0.6 is 0 Å². The molecular weight excluding hydrogens is 518 g/mol. The minimum atomic E-state index is 1.16. The fourth-order valence-electron chi connectivity index (χ4n) is 7.11. The lowest BCUT2D eigenvalue weighted by Crippen LogP contribution is -1.92. The molecule has 200 valence electrons. The number of benzene rings is 8.